The number of hydrogen-bond donors (Lipinski definition) is 0. The molecule has 0 amide bonds. The van der Waals surface area contributed by atoms with Crippen molar-refractivity contribution in [3.8, 4) is 0 Å². The molecule has 0 bridgehead atoms. The molecule has 1 aliphatic heterocycles. The Balaban J connectivity index is 1.69. The van der Waals surface area contributed by atoms with Crippen molar-refractivity contribution in [3.05, 3.63) is 84.4 Å². The zero-order chi connectivity index (χ0) is 19.1. The van der Waals surface area contributed by atoms with Crippen LogP contribution in [0.15, 0.2) is 73.3 Å². The minimum Gasteiger partial charge on any atom is -0.368 e. The van der Waals surface area contributed by atoms with E-state index in [1.54, 1.807) is 6.08 Å². The van der Waals surface area contributed by atoms with Crippen molar-refractivity contribution in [2.45, 2.75) is 51.2 Å². The lowest BCUT2D eigenvalue weighted by Crippen LogP contribution is -2.42. The molecule has 0 unspecified atom stereocenters. The SMILES string of the molecule is C=C[C@@H](OCc1ccccc1)[C@H](OCc1ccccc1)[C@H]1COC(C)(C)O1. The molecule has 1 fully saturated rings. The van der Waals surface area contributed by atoms with E-state index in [9.17, 15) is 0 Å². The van der Waals surface area contributed by atoms with E-state index in [-0.39, 0.29) is 18.3 Å². The van der Waals surface area contributed by atoms with E-state index >= 15 is 0 Å². The molecule has 2 aromatic rings. The molecule has 3 atom stereocenters. The quantitative estimate of drug-likeness (QED) is 0.611. The maximum absolute atomic E-state index is 6.25. The van der Waals surface area contributed by atoms with E-state index in [2.05, 4.69) is 6.58 Å². The summed E-state index contributed by atoms with van der Waals surface area (Å²) in [5, 5.41) is 0. The van der Waals surface area contributed by atoms with Crippen molar-refractivity contribution in [1.82, 2.24) is 0 Å². The van der Waals surface area contributed by atoms with Crippen molar-refractivity contribution in [1.29, 1.82) is 0 Å². The molecule has 27 heavy (non-hydrogen) atoms. The largest absolute Gasteiger partial charge is 0.368 e. The van der Waals surface area contributed by atoms with Gasteiger partial charge in [0, 0.05) is 0 Å². The van der Waals surface area contributed by atoms with Crippen LogP contribution >= 0.6 is 0 Å². The van der Waals surface area contributed by atoms with E-state index in [0.29, 0.717) is 19.8 Å². The molecule has 144 valence electrons. The Morgan fingerprint density at radius 2 is 1.56 bits per heavy atom. The van der Waals surface area contributed by atoms with Crippen LogP contribution < -0.4 is 0 Å². The second kappa shape index (κ2) is 9.29. The van der Waals surface area contributed by atoms with Crippen molar-refractivity contribution in [2.75, 3.05) is 6.61 Å². The fraction of sp³-hybridized carbons (Fsp3) is 0.391. The summed E-state index contributed by atoms with van der Waals surface area (Å²) in [4.78, 5) is 0. The van der Waals surface area contributed by atoms with Gasteiger partial charge in [-0.2, -0.15) is 0 Å². The fourth-order valence-electron chi connectivity index (χ4n) is 3.12. The molecule has 1 heterocycles. The lowest BCUT2D eigenvalue weighted by Gasteiger charge is -2.30. The molecule has 2 aromatic carbocycles. The van der Waals surface area contributed by atoms with Gasteiger partial charge in [0.1, 0.15) is 18.3 Å². The Hall–Kier alpha value is -1.98. The molecule has 3 rings (SSSR count). The molecule has 0 N–H and O–H groups in total. The van der Waals surface area contributed by atoms with Crippen LogP contribution in [0.2, 0.25) is 0 Å². The van der Waals surface area contributed by atoms with Crippen LogP contribution in [0.3, 0.4) is 0 Å². The first-order chi connectivity index (χ1) is 13.1. The summed E-state index contributed by atoms with van der Waals surface area (Å²) < 4.78 is 24.2. The highest BCUT2D eigenvalue weighted by Crippen LogP contribution is 2.28. The molecule has 1 aliphatic rings. The zero-order valence-corrected chi connectivity index (χ0v) is 16.0. The van der Waals surface area contributed by atoms with Crippen molar-refractivity contribution in [3.63, 3.8) is 0 Å². The van der Waals surface area contributed by atoms with Crippen LogP contribution in [-0.4, -0.2) is 30.7 Å². The second-order valence-corrected chi connectivity index (χ2v) is 7.13. The topological polar surface area (TPSA) is 36.9 Å². The molecule has 1 saturated heterocycles. The standard InChI is InChI=1S/C23H28O4/c1-4-20(24-15-18-11-7-5-8-12-18)22(21-17-26-23(2,3)27-21)25-16-19-13-9-6-10-14-19/h4-14,20-22H,1,15-17H2,2-3H3/t20-,21-,22+/m1/s1. The second-order valence-electron chi connectivity index (χ2n) is 7.13. The first-order valence-electron chi connectivity index (χ1n) is 9.33. The maximum Gasteiger partial charge on any atom is 0.163 e. The Bertz CT molecular complexity index is 699. The monoisotopic (exact) mass is 368 g/mol. The Kier molecular flexibility index (Phi) is 6.80. The molecular weight excluding hydrogens is 340 g/mol. The molecule has 0 spiro atoms. The third kappa shape index (κ3) is 5.75. The third-order valence-corrected chi connectivity index (χ3v) is 4.52. The van der Waals surface area contributed by atoms with Gasteiger partial charge in [-0.3, -0.25) is 0 Å². The zero-order valence-electron chi connectivity index (χ0n) is 16.0. The van der Waals surface area contributed by atoms with Gasteiger partial charge >= 0.3 is 0 Å². The van der Waals surface area contributed by atoms with Crippen molar-refractivity contribution < 1.29 is 18.9 Å². The van der Waals surface area contributed by atoms with Crippen LogP contribution in [0.5, 0.6) is 0 Å². The number of benzene rings is 2. The summed E-state index contributed by atoms with van der Waals surface area (Å²) in [5.74, 6) is -0.621. The van der Waals surface area contributed by atoms with E-state index in [0.717, 1.165) is 11.1 Å². The van der Waals surface area contributed by atoms with E-state index in [1.165, 1.54) is 0 Å². The minimum absolute atomic E-state index is 0.220. The van der Waals surface area contributed by atoms with E-state index in [1.807, 2.05) is 74.5 Å². The number of hydrogen-bond acceptors (Lipinski definition) is 4. The van der Waals surface area contributed by atoms with Crippen LogP contribution in [0, 0.1) is 0 Å². The lowest BCUT2D eigenvalue weighted by molar-refractivity contribution is -0.173. The summed E-state index contributed by atoms with van der Waals surface area (Å²) in [6.45, 7) is 9.21. The van der Waals surface area contributed by atoms with Gasteiger partial charge in [-0.1, -0.05) is 66.7 Å². The van der Waals surface area contributed by atoms with Crippen molar-refractivity contribution in [2.24, 2.45) is 0 Å². The van der Waals surface area contributed by atoms with Crippen LogP contribution in [-0.2, 0) is 32.2 Å². The Morgan fingerprint density at radius 3 is 2.04 bits per heavy atom. The summed E-state index contributed by atoms with van der Waals surface area (Å²) in [5.41, 5.74) is 2.21. The van der Waals surface area contributed by atoms with Gasteiger partial charge in [0.15, 0.2) is 5.79 Å². The summed E-state index contributed by atoms with van der Waals surface area (Å²) in [7, 11) is 0. The van der Waals surface area contributed by atoms with Gasteiger partial charge in [0.2, 0.25) is 0 Å². The summed E-state index contributed by atoms with van der Waals surface area (Å²) in [6.07, 6.45) is 0.944. The van der Waals surface area contributed by atoms with Crippen molar-refractivity contribution >= 4 is 0 Å². The normalized spacial score (nSPS) is 20.9. The predicted molar refractivity (Wildman–Crippen MR) is 105 cm³/mol. The number of ether oxygens (including phenoxy) is 4. The first kappa shape index (κ1) is 19.8. The average molecular weight is 368 g/mol. The lowest BCUT2D eigenvalue weighted by atomic mass is 10.1. The Labute approximate surface area is 161 Å². The van der Waals surface area contributed by atoms with Gasteiger partial charge in [-0.15, -0.1) is 6.58 Å². The van der Waals surface area contributed by atoms with Gasteiger partial charge in [0.25, 0.3) is 0 Å². The predicted octanol–water partition coefficient (Wildman–Crippen LogP) is 4.49. The van der Waals surface area contributed by atoms with Gasteiger partial charge in [-0.05, 0) is 25.0 Å². The summed E-state index contributed by atoms with van der Waals surface area (Å²) >= 11 is 0. The highest BCUT2D eigenvalue weighted by atomic mass is 16.8. The van der Waals surface area contributed by atoms with E-state index < -0.39 is 5.79 Å². The van der Waals surface area contributed by atoms with Crippen LogP contribution in [0.1, 0.15) is 25.0 Å². The average Bonchev–Trinajstić information content (AvgIpc) is 3.05. The molecule has 0 radical (unpaired) electrons. The third-order valence-electron chi connectivity index (χ3n) is 4.52. The van der Waals surface area contributed by atoms with Crippen LogP contribution in [0.25, 0.3) is 0 Å². The fourth-order valence-corrected chi connectivity index (χ4v) is 3.12. The molecule has 0 aliphatic carbocycles. The Morgan fingerprint density at radius 1 is 1.00 bits per heavy atom. The molecular formula is C23H28O4. The highest BCUT2D eigenvalue weighted by Gasteiger charge is 2.41. The van der Waals surface area contributed by atoms with Crippen LogP contribution in [0.4, 0.5) is 0 Å². The smallest absolute Gasteiger partial charge is 0.163 e. The molecule has 4 nitrogen and oxygen atoms in total. The highest BCUT2D eigenvalue weighted by molar-refractivity contribution is 5.14. The van der Waals surface area contributed by atoms with E-state index in [4.69, 9.17) is 18.9 Å². The number of rotatable bonds is 9. The van der Waals surface area contributed by atoms with Gasteiger partial charge < -0.3 is 18.9 Å². The molecule has 0 aromatic heterocycles. The minimum atomic E-state index is -0.621. The van der Waals surface area contributed by atoms with Gasteiger partial charge in [0.05, 0.1) is 19.8 Å². The summed E-state index contributed by atoms with van der Waals surface area (Å²) in [6, 6.07) is 20.2. The molecule has 0 saturated carbocycles. The maximum atomic E-state index is 6.25. The molecule has 4 heteroatoms. The van der Waals surface area contributed by atoms with Gasteiger partial charge in [-0.25, -0.2) is 0 Å². The first-order valence-corrected chi connectivity index (χ1v) is 9.33.